The maximum absolute atomic E-state index is 12.1. The molecule has 1 aromatic heterocycles. The van der Waals surface area contributed by atoms with Crippen LogP contribution in [0.5, 0.6) is 0 Å². The van der Waals surface area contributed by atoms with Crippen molar-refractivity contribution in [1.82, 2.24) is 9.97 Å². The predicted octanol–water partition coefficient (Wildman–Crippen LogP) is 5.16. The number of nitrogens with zero attached hydrogens (tertiary/aromatic N) is 1. The largest absolute Gasteiger partial charge is 0.306 e. The van der Waals surface area contributed by atoms with Gasteiger partial charge in [0.1, 0.15) is 10.3 Å². The van der Waals surface area contributed by atoms with Gasteiger partial charge in [-0.05, 0) is 47.0 Å². The second-order valence-corrected chi connectivity index (χ2v) is 6.83. The lowest BCUT2D eigenvalue weighted by atomic mass is 10.0. The fourth-order valence-corrected chi connectivity index (χ4v) is 3.54. The molecule has 0 radical (unpaired) electrons. The quantitative estimate of drug-likeness (QED) is 0.772. The normalized spacial score (nSPS) is 15.6. The van der Waals surface area contributed by atoms with E-state index in [0.29, 0.717) is 26.3 Å². The van der Waals surface area contributed by atoms with Crippen molar-refractivity contribution < 1.29 is 0 Å². The SMILES string of the molecule is O=c1[nH]c(-c2ccc(Cl)c(Cl)c2)nc(C2CCCC2)c1Br. The van der Waals surface area contributed by atoms with Crippen LogP contribution in [-0.4, -0.2) is 9.97 Å². The Morgan fingerprint density at radius 3 is 2.57 bits per heavy atom. The molecule has 1 aliphatic rings. The average Bonchev–Trinajstić information content (AvgIpc) is 2.98. The Morgan fingerprint density at radius 2 is 1.90 bits per heavy atom. The second kappa shape index (κ2) is 6.11. The van der Waals surface area contributed by atoms with Crippen molar-refractivity contribution in [2.24, 2.45) is 0 Å². The molecule has 2 aromatic rings. The van der Waals surface area contributed by atoms with Crippen LogP contribution in [-0.2, 0) is 0 Å². The summed E-state index contributed by atoms with van der Waals surface area (Å²) in [7, 11) is 0. The van der Waals surface area contributed by atoms with Crippen molar-refractivity contribution in [3.05, 3.63) is 48.8 Å². The topological polar surface area (TPSA) is 45.8 Å². The molecule has 3 nitrogen and oxygen atoms in total. The van der Waals surface area contributed by atoms with E-state index in [1.807, 2.05) is 0 Å². The van der Waals surface area contributed by atoms with E-state index in [0.717, 1.165) is 24.1 Å². The number of aromatic amines is 1. The van der Waals surface area contributed by atoms with Crippen LogP contribution in [0, 0.1) is 0 Å². The summed E-state index contributed by atoms with van der Waals surface area (Å²) in [4.78, 5) is 19.6. The lowest BCUT2D eigenvalue weighted by Crippen LogP contribution is -2.15. The van der Waals surface area contributed by atoms with Gasteiger partial charge in [-0.15, -0.1) is 0 Å². The van der Waals surface area contributed by atoms with Gasteiger partial charge in [-0.1, -0.05) is 36.0 Å². The van der Waals surface area contributed by atoms with E-state index in [1.54, 1.807) is 18.2 Å². The summed E-state index contributed by atoms with van der Waals surface area (Å²) in [6, 6.07) is 5.23. The lowest BCUT2D eigenvalue weighted by molar-refractivity contribution is 0.688. The maximum Gasteiger partial charge on any atom is 0.265 e. The molecule has 1 saturated carbocycles. The van der Waals surface area contributed by atoms with E-state index in [-0.39, 0.29) is 5.56 Å². The van der Waals surface area contributed by atoms with Crippen LogP contribution in [0.1, 0.15) is 37.3 Å². The number of nitrogens with one attached hydrogen (secondary N) is 1. The zero-order valence-electron chi connectivity index (χ0n) is 11.1. The van der Waals surface area contributed by atoms with Crippen LogP contribution in [0.25, 0.3) is 11.4 Å². The maximum atomic E-state index is 12.1. The molecule has 3 rings (SSSR count). The van der Waals surface area contributed by atoms with E-state index >= 15 is 0 Å². The molecule has 0 aliphatic heterocycles. The minimum absolute atomic E-state index is 0.159. The smallest absolute Gasteiger partial charge is 0.265 e. The van der Waals surface area contributed by atoms with Gasteiger partial charge in [0.25, 0.3) is 5.56 Å². The van der Waals surface area contributed by atoms with E-state index in [4.69, 9.17) is 23.2 Å². The summed E-state index contributed by atoms with van der Waals surface area (Å²) < 4.78 is 0.540. The minimum atomic E-state index is -0.159. The molecule has 1 aliphatic carbocycles. The molecule has 1 N–H and O–H groups in total. The summed E-state index contributed by atoms with van der Waals surface area (Å²) in [6.45, 7) is 0. The van der Waals surface area contributed by atoms with E-state index in [9.17, 15) is 4.79 Å². The average molecular weight is 388 g/mol. The molecule has 1 fully saturated rings. The minimum Gasteiger partial charge on any atom is -0.306 e. The van der Waals surface area contributed by atoms with Crippen LogP contribution >= 0.6 is 39.1 Å². The zero-order chi connectivity index (χ0) is 15.0. The van der Waals surface area contributed by atoms with Crippen molar-refractivity contribution in [1.29, 1.82) is 0 Å². The first-order valence-corrected chi connectivity index (χ1v) is 8.36. The molecule has 0 spiro atoms. The van der Waals surface area contributed by atoms with Crippen LogP contribution in [0.2, 0.25) is 10.0 Å². The zero-order valence-corrected chi connectivity index (χ0v) is 14.2. The number of hydrogen-bond acceptors (Lipinski definition) is 2. The molecule has 0 atom stereocenters. The van der Waals surface area contributed by atoms with Gasteiger partial charge in [-0.2, -0.15) is 0 Å². The number of rotatable bonds is 2. The van der Waals surface area contributed by atoms with Crippen molar-refractivity contribution in [3.63, 3.8) is 0 Å². The fourth-order valence-electron chi connectivity index (χ4n) is 2.73. The van der Waals surface area contributed by atoms with Crippen molar-refractivity contribution in [2.75, 3.05) is 0 Å². The van der Waals surface area contributed by atoms with Gasteiger partial charge in [-0.3, -0.25) is 4.79 Å². The predicted molar refractivity (Wildman–Crippen MR) is 89.2 cm³/mol. The Labute approximate surface area is 140 Å². The Hall–Kier alpha value is -0.840. The molecule has 1 aromatic carbocycles. The summed E-state index contributed by atoms with van der Waals surface area (Å²) in [5, 5.41) is 0.929. The van der Waals surface area contributed by atoms with Gasteiger partial charge in [0.15, 0.2) is 0 Å². The molecule has 110 valence electrons. The number of benzene rings is 1. The van der Waals surface area contributed by atoms with Gasteiger partial charge < -0.3 is 4.98 Å². The van der Waals surface area contributed by atoms with Crippen LogP contribution in [0.15, 0.2) is 27.5 Å². The molecule has 0 bridgehead atoms. The Kier molecular flexibility index (Phi) is 4.38. The summed E-state index contributed by atoms with van der Waals surface area (Å²) in [5.74, 6) is 0.881. The van der Waals surface area contributed by atoms with Crippen LogP contribution in [0.4, 0.5) is 0 Å². The number of aromatic nitrogens is 2. The highest BCUT2D eigenvalue weighted by Crippen LogP contribution is 2.36. The highest BCUT2D eigenvalue weighted by Gasteiger charge is 2.23. The van der Waals surface area contributed by atoms with Gasteiger partial charge >= 0.3 is 0 Å². The fraction of sp³-hybridized carbons (Fsp3) is 0.333. The highest BCUT2D eigenvalue weighted by atomic mass is 79.9. The molecule has 0 saturated heterocycles. The number of hydrogen-bond donors (Lipinski definition) is 1. The summed E-state index contributed by atoms with van der Waals surface area (Å²) in [5.41, 5.74) is 1.44. The molecular formula is C15H13BrCl2N2O. The standard InChI is InChI=1S/C15H13BrCl2N2O/c16-12-13(8-3-1-2-4-8)19-14(20-15(12)21)9-5-6-10(17)11(18)7-9/h5-8H,1-4H2,(H,19,20,21). The Bertz CT molecular complexity index is 739. The Balaban J connectivity index is 2.10. The third-order valence-corrected chi connectivity index (χ3v) is 5.33. The molecular weight excluding hydrogens is 375 g/mol. The van der Waals surface area contributed by atoms with E-state index in [2.05, 4.69) is 25.9 Å². The van der Waals surface area contributed by atoms with Crippen molar-refractivity contribution in [3.8, 4) is 11.4 Å². The first-order chi connectivity index (χ1) is 10.1. The molecule has 1 heterocycles. The number of halogens is 3. The first-order valence-electron chi connectivity index (χ1n) is 6.81. The second-order valence-electron chi connectivity index (χ2n) is 5.22. The molecule has 0 amide bonds. The van der Waals surface area contributed by atoms with Gasteiger partial charge in [0, 0.05) is 11.5 Å². The first kappa shape index (κ1) is 15.1. The van der Waals surface area contributed by atoms with Gasteiger partial charge in [-0.25, -0.2) is 4.98 Å². The van der Waals surface area contributed by atoms with Crippen LogP contribution < -0.4 is 5.56 Å². The molecule has 0 unspecified atom stereocenters. The Morgan fingerprint density at radius 1 is 1.19 bits per heavy atom. The number of H-pyrrole nitrogens is 1. The van der Waals surface area contributed by atoms with Gasteiger partial charge in [0.2, 0.25) is 0 Å². The third-order valence-electron chi connectivity index (χ3n) is 3.82. The monoisotopic (exact) mass is 386 g/mol. The van der Waals surface area contributed by atoms with Gasteiger partial charge in [0.05, 0.1) is 15.7 Å². The lowest BCUT2D eigenvalue weighted by Gasteiger charge is -2.12. The van der Waals surface area contributed by atoms with Crippen LogP contribution in [0.3, 0.4) is 0 Å². The van der Waals surface area contributed by atoms with E-state index in [1.165, 1.54) is 12.8 Å². The van der Waals surface area contributed by atoms with Crippen molar-refractivity contribution in [2.45, 2.75) is 31.6 Å². The third kappa shape index (κ3) is 3.03. The van der Waals surface area contributed by atoms with Crippen molar-refractivity contribution >= 4 is 39.1 Å². The summed E-state index contributed by atoms with van der Waals surface area (Å²) in [6.07, 6.45) is 4.53. The molecule has 21 heavy (non-hydrogen) atoms. The summed E-state index contributed by atoms with van der Waals surface area (Å²) >= 11 is 15.3. The molecule has 6 heteroatoms. The highest BCUT2D eigenvalue weighted by molar-refractivity contribution is 9.10. The van der Waals surface area contributed by atoms with E-state index < -0.39 is 0 Å².